The van der Waals surface area contributed by atoms with Crippen molar-refractivity contribution < 1.29 is 33.6 Å². The smallest absolute Gasteiger partial charge is 0.347 e. The van der Waals surface area contributed by atoms with E-state index < -0.39 is 11.9 Å². The van der Waals surface area contributed by atoms with Crippen LogP contribution in [0.25, 0.3) is 11.0 Å². The molecule has 10 nitrogen and oxygen atoms in total. The summed E-state index contributed by atoms with van der Waals surface area (Å²) < 4.78 is 24.5. The molecule has 39 heavy (non-hydrogen) atoms. The number of fused-ring (bicyclic) bond motifs is 1. The largest absolute Gasteiger partial charge is 0.496 e. The van der Waals surface area contributed by atoms with Crippen LogP contribution in [-0.4, -0.2) is 52.9 Å². The monoisotopic (exact) mass is 533 g/mol. The Morgan fingerprint density at radius 1 is 0.897 bits per heavy atom. The number of aromatic nitrogens is 3. The molecule has 0 atom stereocenters. The molecule has 0 saturated heterocycles. The summed E-state index contributed by atoms with van der Waals surface area (Å²) in [5, 5.41) is 18.2. The van der Waals surface area contributed by atoms with E-state index in [1.54, 1.807) is 45.6 Å². The van der Waals surface area contributed by atoms with Crippen molar-refractivity contribution in [1.29, 1.82) is 0 Å². The molecular formula is C29H31N3O7. The third-order valence-corrected chi connectivity index (χ3v) is 6.58. The quantitative estimate of drug-likeness (QED) is 0.169. The molecular weight excluding hydrogens is 502 g/mol. The minimum absolute atomic E-state index is 0.0209. The zero-order chi connectivity index (χ0) is 28.3. The lowest BCUT2D eigenvalue weighted by Gasteiger charge is -2.19. The van der Waals surface area contributed by atoms with Gasteiger partial charge in [-0.05, 0) is 63.1 Å². The lowest BCUT2D eigenvalue weighted by Crippen LogP contribution is -2.16. The minimum atomic E-state index is -1.13. The van der Waals surface area contributed by atoms with Gasteiger partial charge >= 0.3 is 11.9 Å². The fraction of sp³-hybridized carbons (Fsp3) is 0.310. The first-order valence-electron chi connectivity index (χ1n) is 12.4. The van der Waals surface area contributed by atoms with Gasteiger partial charge in [0.25, 0.3) is 0 Å². The summed E-state index contributed by atoms with van der Waals surface area (Å²) in [7, 11) is 3.02. The Hall–Kier alpha value is -4.60. The van der Waals surface area contributed by atoms with Crippen LogP contribution in [0.5, 0.6) is 23.0 Å². The summed E-state index contributed by atoms with van der Waals surface area (Å²) in [5.41, 5.74) is 4.08. The van der Waals surface area contributed by atoms with E-state index in [1.807, 2.05) is 24.3 Å². The summed E-state index contributed by atoms with van der Waals surface area (Å²) in [6, 6.07) is 10.9. The van der Waals surface area contributed by atoms with Gasteiger partial charge in [0, 0.05) is 24.1 Å². The number of carbonyl (C=O) groups excluding carboxylic acids is 1. The summed E-state index contributed by atoms with van der Waals surface area (Å²) in [6.45, 7) is 7.61. The number of carboxylic acids is 1. The second-order valence-electron chi connectivity index (χ2n) is 9.15. The van der Waals surface area contributed by atoms with Gasteiger partial charge in [-0.3, -0.25) is 0 Å². The summed E-state index contributed by atoms with van der Waals surface area (Å²) in [4.78, 5) is 25.4. The number of aryl methyl sites for hydroxylation is 3. The number of esters is 1. The topological polar surface area (TPSA) is 122 Å². The number of hydrogen-bond donors (Lipinski definition) is 1. The van der Waals surface area contributed by atoms with E-state index in [0.29, 0.717) is 46.7 Å². The van der Waals surface area contributed by atoms with Crippen LogP contribution in [0, 0.1) is 27.7 Å². The Balaban J connectivity index is 1.59. The number of benzene rings is 3. The van der Waals surface area contributed by atoms with Crippen LogP contribution in [0.1, 0.15) is 49.4 Å². The molecule has 0 amide bonds. The van der Waals surface area contributed by atoms with Crippen molar-refractivity contribution in [3.05, 3.63) is 69.8 Å². The van der Waals surface area contributed by atoms with Crippen LogP contribution < -0.4 is 18.9 Å². The molecule has 0 saturated carbocycles. The third kappa shape index (κ3) is 5.36. The predicted octanol–water partition coefficient (Wildman–Crippen LogP) is 5.07. The van der Waals surface area contributed by atoms with Crippen LogP contribution in [0.2, 0.25) is 0 Å². The van der Waals surface area contributed by atoms with Crippen molar-refractivity contribution in [2.75, 3.05) is 20.8 Å². The molecule has 0 aliphatic heterocycles. The summed E-state index contributed by atoms with van der Waals surface area (Å²) in [5.74, 6) is -0.462. The number of methoxy groups -OCH3 is 2. The first-order valence-corrected chi connectivity index (χ1v) is 12.4. The highest BCUT2D eigenvalue weighted by molar-refractivity contribution is 5.98. The lowest BCUT2D eigenvalue weighted by molar-refractivity contribution is 0.0690. The van der Waals surface area contributed by atoms with E-state index in [2.05, 4.69) is 10.3 Å². The molecule has 1 N–H and O–H groups in total. The lowest BCUT2D eigenvalue weighted by atomic mass is 10.0. The van der Waals surface area contributed by atoms with Gasteiger partial charge < -0.3 is 24.1 Å². The van der Waals surface area contributed by atoms with Crippen LogP contribution in [-0.2, 0) is 6.54 Å². The maximum atomic E-state index is 13.3. The van der Waals surface area contributed by atoms with Gasteiger partial charge in [0.2, 0.25) is 0 Å². The number of para-hydroxylation sites is 1. The van der Waals surface area contributed by atoms with Crippen molar-refractivity contribution in [2.24, 2.45) is 0 Å². The average Bonchev–Trinajstić information content (AvgIpc) is 3.32. The Morgan fingerprint density at radius 3 is 2.26 bits per heavy atom. The molecule has 3 aromatic carbocycles. The van der Waals surface area contributed by atoms with Gasteiger partial charge in [0.05, 0.1) is 26.3 Å². The van der Waals surface area contributed by atoms with Gasteiger partial charge in [-0.25, -0.2) is 14.3 Å². The van der Waals surface area contributed by atoms with Crippen molar-refractivity contribution in [2.45, 2.75) is 40.7 Å². The molecule has 4 aromatic rings. The van der Waals surface area contributed by atoms with E-state index in [0.717, 1.165) is 11.0 Å². The minimum Gasteiger partial charge on any atom is -0.496 e. The molecule has 10 heteroatoms. The zero-order valence-electron chi connectivity index (χ0n) is 22.8. The highest BCUT2D eigenvalue weighted by Gasteiger charge is 2.26. The zero-order valence-corrected chi connectivity index (χ0v) is 22.8. The van der Waals surface area contributed by atoms with Gasteiger partial charge in [-0.2, -0.15) is 0 Å². The Bertz CT molecular complexity index is 1560. The van der Waals surface area contributed by atoms with Gasteiger partial charge in [-0.15, -0.1) is 5.10 Å². The normalized spacial score (nSPS) is 10.9. The molecule has 0 aliphatic rings. The first-order chi connectivity index (χ1) is 18.7. The standard InChI is InChI=1S/C29H31N3O7/c1-16-15-23(39-29(35)25-17(2)14-22(36-5)18(3)26(25)37-6)19(4)27(24(16)28(33)34)38-13-9-12-32-21-11-8-7-10-20(21)30-31-32/h7-8,10-11,14-15H,9,12-13H2,1-6H3,(H,33,34). The highest BCUT2D eigenvalue weighted by Crippen LogP contribution is 2.38. The Labute approximate surface area is 226 Å². The van der Waals surface area contributed by atoms with Gasteiger partial charge in [0.15, 0.2) is 0 Å². The maximum absolute atomic E-state index is 13.3. The number of aromatic carboxylic acids is 1. The Morgan fingerprint density at radius 2 is 1.56 bits per heavy atom. The molecule has 0 radical (unpaired) electrons. The summed E-state index contributed by atoms with van der Waals surface area (Å²) >= 11 is 0. The van der Waals surface area contributed by atoms with E-state index in [1.165, 1.54) is 13.2 Å². The Kier molecular flexibility index (Phi) is 8.04. The second kappa shape index (κ2) is 11.4. The van der Waals surface area contributed by atoms with Crippen molar-refractivity contribution in [1.82, 2.24) is 15.0 Å². The maximum Gasteiger partial charge on any atom is 0.347 e. The molecule has 1 aromatic heterocycles. The number of rotatable bonds is 10. The fourth-order valence-electron chi connectivity index (χ4n) is 4.61. The number of carboxylic acid groups (broad SMARTS) is 1. The SMILES string of the molecule is COc1cc(C)c(C(=O)Oc2cc(C)c(C(=O)O)c(OCCCn3nnc4ccccc43)c2C)c(OC)c1C. The van der Waals surface area contributed by atoms with Gasteiger partial charge in [0.1, 0.15) is 39.6 Å². The van der Waals surface area contributed by atoms with Gasteiger partial charge in [-0.1, -0.05) is 17.3 Å². The number of carbonyl (C=O) groups is 2. The van der Waals surface area contributed by atoms with Crippen molar-refractivity contribution >= 4 is 23.0 Å². The molecule has 0 bridgehead atoms. The van der Waals surface area contributed by atoms with Crippen LogP contribution >= 0.6 is 0 Å². The molecule has 4 rings (SSSR count). The molecule has 0 aliphatic carbocycles. The number of nitrogens with zero attached hydrogens (tertiary/aromatic N) is 3. The number of hydrogen-bond acceptors (Lipinski definition) is 8. The predicted molar refractivity (Wildman–Crippen MR) is 144 cm³/mol. The highest BCUT2D eigenvalue weighted by atomic mass is 16.5. The van der Waals surface area contributed by atoms with E-state index in [9.17, 15) is 14.7 Å². The molecule has 0 unspecified atom stereocenters. The third-order valence-electron chi connectivity index (χ3n) is 6.58. The fourth-order valence-corrected chi connectivity index (χ4v) is 4.61. The van der Waals surface area contributed by atoms with Crippen LogP contribution in [0.15, 0.2) is 36.4 Å². The van der Waals surface area contributed by atoms with E-state index >= 15 is 0 Å². The molecule has 0 spiro atoms. The van der Waals surface area contributed by atoms with Crippen LogP contribution in [0.4, 0.5) is 0 Å². The number of ether oxygens (including phenoxy) is 4. The van der Waals surface area contributed by atoms with E-state index in [-0.39, 0.29) is 29.2 Å². The first kappa shape index (κ1) is 27.4. The average molecular weight is 534 g/mol. The molecule has 204 valence electrons. The van der Waals surface area contributed by atoms with Crippen molar-refractivity contribution in [3.8, 4) is 23.0 Å². The van der Waals surface area contributed by atoms with Crippen molar-refractivity contribution in [3.63, 3.8) is 0 Å². The van der Waals surface area contributed by atoms with Crippen LogP contribution in [0.3, 0.4) is 0 Å². The summed E-state index contributed by atoms with van der Waals surface area (Å²) in [6.07, 6.45) is 0.552. The van der Waals surface area contributed by atoms with E-state index in [4.69, 9.17) is 18.9 Å². The molecule has 0 fully saturated rings. The second-order valence-corrected chi connectivity index (χ2v) is 9.15. The molecule has 1 heterocycles.